The lowest BCUT2D eigenvalue weighted by Crippen LogP contribution is -2.15. The topological polar surface area (TPSA) is 69.0 Å². The van der Waals surface area contributed by atoms with Gasteiger partial charge < -0.3 is 14.6 Å². The van der Waals surface area contributed by atoms with Gasteiger partial charge in [-0.05, 0) is 49.2 Å². The van der Waals surface area contributed by atoms with Crippen molar-refractivity contribution in [3.8, 4) is 17.1 Å². The molecule has 0 aliphatic rings. The molecule has 0 spiro atoms. The zero-order valence-electron chi connectivity index (χ0n) is 17.3. The van der Waals surface area contributed by atoms with Crippen LogP contribution < -0.4 is 10.1 Å². The highest BCUT2D eigenvalue weighted by Gasteiger charge is 2.15. The Morgan fingerprint density at radius 3 is 2.57 bits per heavy atom. The highest BCUT2D eigenvalue weighted by atomic mass is 35.5. The number of benzene rings is 2. The number of ether oxygens (including phenoxy) is 1. The third kappa shape index (κ3) is 5.77. The molecule has 30 heavy (non-hydrogen) atoms. The van der Waals surface area contributed by atoms with Crippen molar-refractivity contribution in [2.75, 3.05) is 17.7 Å². The Hall–Kier alpha value is -2.51. The third-order valence-electron chi connectivity index (χ3n) is 4.21. The number of anilines is 1. The predicted octanol–water partition coefficient (Wildman–Crippen LogP) is 5.38. The van der Waals surface area contributed by atoms with E-state index < -0.39 is 0 Å². The van der Waals surface area contributed by atoms with E-state index in [1.54, 1.807) is 12.1 Å². The van der Waals surface area contributed by atoms with Gasteiger partial charge >= 0.3 is 0 Å². The fraction of sp³-hybridized carbons (Fsp3) is 0.318. The van der Waals surface area contributed by atoms with Gasteiger partial charge in [-0.25, -0.2) is 0 Å². The lowest BCUT2D eigenvalue weighted by atomic mass is 10.2. The number of amides is 1. The summed E-state index contributed by atoms with van der Waals surface area (Å²) in [5.74, 6) is 2.14. The van der Waals surface area contributed by atoms with Crippen LogP contribution >= 0.6 is 23.4 Å². The molecule has 0 saturated carbocycles. The van der Waals surface area contributed by atoms with E-state index in [1.807, 2.05) is 47.9 Å². The van der Waals surface area contributed by atoms with Crippen LogP contribution in [-0.4, -0.2) is 33.0 Å². The standard InChI is InChI=1S/C22H25ClN4O2S/c1-4-27-21(16-9-11-17(12-10-16)29-13-15(2)3)25-26-22(27)30-14-20(28)24-19-8-6-5-7-18(19)23/h5-12,15H,4,13-14H2,1-3H3,(H,24,28). The molecule has 3 rings (SSSR count). The van der Waals surface area contributed by atoms with Crippen molar-refractivity contribution >= 4 is 35.0 Å². The lowest BCUT2D eigenvalue weighted by Gasteiger charge is -2.10. The van der Waals surface area contributed by atoms with E-state index in [2.05, 4.69) is 29.4 Å². The van der Waals surface area contributed by atoms with Gasteiger partial charge in [0.15, 0.2) is 11.0 Å². The number of hydrogen-bond acceptors (Lipinski definition) is 5. The number of para-hydroxylation sites is 1. The molecule has 0 fully saturated rings. The van der Waals surface area contributed by atoms with Crippen molar-refractivity contribution in [1.29, 1.82) is 0 Å². The van der Waals surface area contributed by atoms with E-state index >= 15 is 0 Å². The molecule has 2 aromatic carbocycles. The summed E-state index contributed by atoms with van der Waals surface area (Å²) in [6, 6.07) is 15.0. The second kappa shape index (κ2) is 10.5. The van der Waals surface area contributed by atoms with Gasteiger partial charge in [-0.15, -0.1) is 10.2 Å². The van der Waals surface area contributed by atoms with E-state index in [0.717, 1.165) is 17.1 Å². The zero-order chi connectivity index (χ0) is 21.5. The second-order valence-corrected chi connectivity index (χ2v) is 8.45. The maximum absolute atomic E-state index is 12.3. The smallest absolute Gasteiger partial charge is 0.234 e. The lowest BCUT2D eigenvalue weighted by molar-refractivity contribution is -0.113. The summed E-state index contributed by atoms with van der Waals surface area (Å²) in [4.78, 5) is 12.3. The molecule has 1 amide bonds. The summed E-state index contributed by atoms with van der Waals surface area (Å²) in [6.45, 7) is 7.64. The number of rotatable bonds is 9. The van der Waals surface area contributed by atoms with Gasteiger partial charge in [0.1, 0.15) is 5.75 Å². The zero-order valence-corrected chi connectivity index (χ0v) is 18.8. The predicted molar refractivity (Wildman–Crippen MR) is 122 cm³/mol. The molecule has 1 aromatic heterocycles. The minimum absolute atomic E-state index is 0.146. The van der Waals surface area contributed by atoms with Crippen LogP contribution in [0.15, 0.2) is 53.7 Å². The first-order chi connectivity index (χ1) is 14.5. The molecule has 8 heteroatoms. The molecule has 158 valence electrons. The molecule has 0 radical (unpaired) electrons. The van der Waals surface area contributed by atoms with Crippen LogP contribution in [0, 0.1) is 5.92 Å². The van der Waals surface area contributed by atoms with Gasteiger partial charge in [-0.3, -0.25) is 4.79 Å². The number of hydrogen-bond donors (Lipinski definition) is 1. The van der Waals surface area contributed by atoms with Gasteiger partial charge in [0, 0.05) is 12.1 Å². The molecule has 0 aliphatic carbocycles. The Labute approximate surface area is 186 Å². The Bertz CT molecular complexity index is 989. The third-order valence-corrected chi connectivity index (χ3v) is 5.51. The normalized spacial score (nSPS) is 11.0. The van der Waals surface area contributed by atoms with Gasteiger partial charge in [0.25, 0.3) is 0 Å². The molecule has 0 saturated heterocycles. The molecule has 6 nitrogen and oxygen atoms in total. The fourth-order valence-electron chi connectivity index (χ4n) is 2.74. The van der Waals surface area contributed by atoms with Gasteiger partial charge in [-0.2, -0.15) is 0 Å². The monoisotopic (exact) mass is 444 g/mol. The Balaban J connectivity index is 1.65. The fourth-order valence-corrected chi connectivity index (χ4v) is 3.72. The van der Waals surface area contributed by atoms with Crippen LogP contribution in [0.25, 0.3) is 11.4 Å². The summed E-state index contributed by atoms with van der Waals surface area (Å²) >= 11 is 7.44. The molecule has 0 atom stereocenters. The highest BCUT2D eigenvalue weighted by Crippen LogP contribution is 2.26. The van der Waals surface area contributed by atoms with Crippen LogP contribution in [0.3, 0.4) is 0 Å². The van der Waals surface area contributed by atoms with Crippen molar-refractivity contribution in [3.05, 3.63) is 53.6 Å². The minimum atomic E-state index is -0.146. The summed E-state index contributed by atoms with van der Waals surface area (Å²) < 4.78 is 7.74. The first kappa shape index (κ1) is 22.2. The summed E-state index contributed by atoms with van der Waals surface area (Å²) in [5.41, 5.74) is 1.55. The van der Waals surface area contributed by atoms with Crippen molar-refractivity contribution in [3.63, 3.8) is 0 Å². The van der Waals surface area contributed by atoms with Crippen LogP contribution in [0.1, 0.15) is 20.8 Å². The minimum Gasteiger partial charge on any atom is -0.493 e. The first-order valence-corrected chi connectivity index (χ1v) is 11.2. The molecule has 1 N–H and O–H groups in total. The highest BCUT2D eigenvalue weighted by molar-refractivity contribution is 7.99. The van der Waals surface area contributed by atoms with Crippen LogP contribution in [0.5, 0.6) is 5.75 Å². The summed E-state index contributed by atoms with van der Waals surface area (Å²) in [7, 11) is 0. The molecule has 0 unspecified atom stereocenters. The number of nitrogens with zero attached hydrogens (tertiary/aromatic N) is 3. The average molecular weight is 445 g/mol. The maximum Gasteiger partial charge on any atom is 0.234 e. The van der Waals surface area contributed by atoms with Gasteiger partial charge in [-0.1, -0.05) is 49.3 Å². The Morgan fingerprint density at radius 2 is 1.90 bits per heavy atom. The van der Waals surface area contributed by atoms with Gasteiger partial charge in [0.2, 0.25) is 5.91 Å². The van der Waals surface area contributed by atoms with Crippen LogP contribution in [-0.2, 0) is 11.3 Å². The second-order valence-electron chi connectivity index (χ2n) is 7.10. The molecule has 0 bridgehead atoms. The molecule has 0 aliphatic heterocycles. The number of aromatic nitrogens is 3. The number of nitrogens with one attached hydrogen (secondary N) is 1. The molecule has 3 aromatic rings. The van der Waals surface area contributed by atoms with E-state index in [0.29, 0.717) is 34.9 Å². The average Bonchev–Trinajstić information content (AvgIpc) is 3.15. The van der Waals surface area contributed by atoms with Crippen LogP contribution in [0.4, 0.5) is 5.69 Å². The van der Waals surface area contributed by atoms with Crippen LogP contribution in [0.2, 0.25) is 5.02 Å². The van der Waals surface area contributed by atoms with Gasteiger partial charge in [0.05, 0.1) is 23.1 Å². The molecular formula is C22H25ClN4O2S. The molecular weight excluding hydrogens is 420 g/mol. The van der Waals surface area contributed by atoms with Crippen molar-refractivity contribution < 1.29 is 9.53 Å². The number of thioether (sulfide) groups is 1. The number of carbonyl (C=O) groups is 1. The largest absolute Gasteiger partial charge is 0.493 e. The van der Waals surface area contributed by atoms with Crippen molar-refractivity contribution in [1.82, 2.24) is 14.8 Å². The van der Waals surface area contributed by atoms with E-state index in [-0.39, 0.29) is 11.7 Å². The molecule has 1 heterocycles. The van der Waals surface area contributed by atoms with E-state index in [1.165, 1.54) is 11.8 Å². The number of carbonyl (C=O) groups excluding carboxylic acids is 1. The van der Waals surface area contributed by atoms with E-state index in [4.69, 9.17) is 16.3 Å². The Morgan fingerprint density at radius 1 is 1.17 bits per heavy atom. The van der Waals surface area contributed by atoms with Crippen molar-refractivity contribution in [2.24, 2.45) is 5.92 Å². The number of halogens is 1. The first-order valence-electron chi connectivity index (χ1n) is 9.81. The SMILES string of the molecule is CCn1c(SCC(=O)Nc2ccccc2Cl)nnc1-c1ccc(OCC(C)C)cc1. The van der Waals surface area contributed by atoms with Crippen molar-refractivity contribution in [2.45, 2.75) is 32.5 Å². The quantitative estimate of drug-likeness (QED) is 0.448. The summed E-state index contributed by atoms with van der Waals surface area (Å²) in [6.07, 6.45) is 0. The Kier molecular flexibility index (Phi) is 7.76. The maximum atomic E-state index is 12.3. The summed E-state index contributed by atoms with van der Waals surface area (Å²) in [5, 5.41) is 12.6. The van der Waals surface area contributed by atoms with E-state index in [9.17, 15) is 4.79 Å².